The number of nitrogens with zero attached hydrogens (tertiary/aromatic N) is 5. The maximum absolute atomic E-state index is 12.5. The van der Waals surface area contributed by atoms with E-state index < -0.39 is 5.91 Å². The van der Waals surface area contributed by atoms with Crippen LogP contribution in [0, 0.1) is 6.92 Å². The van der Waals surface area contributed by atoms with E-state index in [9.17, 15) is 4.79 Å². The van der Waals surface area contributed by atoms with Crippen molar-refractivity contribution in [2.75, 3.05) is 5.43 Å². The number of aryl methyl sites for hydroxylation is 1. The molecule has 2 aromatic carbocycles. The summed E-state index contributed by atoms with van der Waals surface area (Å²) in [6, 6.07) is 14.7. The molecule has 0 aliphatic rings. The summed E-state index contributed by atoms with van der Waals surface area (Å²) in [4.78, 5) is 21.0. The van der Waals surface area contributed by atoms with Gasteiger partial charge in [0.15, 0.2) is 0 Å². The van der Waals surface area contributed by atoms with Crippen molar-refractivity contribution in [2.24, 2.45) is 0 Å². The van der Waals surface area contributed by atoms with Gasteiger partial charge in [0.25, 0.3) is 0 Å². The van der Waals surface area contributed by atoms with Gasteiger partial charge in [-0.05, 0) is 43.3 Å². The van der Waals surface area contributed by atoms with Crippen LogP contribution in [0.2, 0.25) is 5.02 Å². The molecular weight excluding hydrogens is 340 g/mol. The molecule has 2 aromatic heterocycles. The molecular formula is C17H13ClN6O. The molecule has 0 radical (unpaired) electrons. The van der Waals surface area contributed by atoms with Gasteiger partial charge in [0, 0.05) is 5.02 Å². The molecule has 0 bridgehead atoms. The highest BCUT2D eigenvalue weighted by Crippen LogP contribution is 2.15. The monoisotopic (exact) mass is 352 g/mol. The fraction of sp³-hybridized carbons (Fsp3) is 0.0588. The number of hydrogen-bond donors (Lipinski definition) is 1. The predicted octanol–water partition coefficient (Wildman–Crippen LogP) is 2.96. The van der Waals surface area contributed by atoms with Crippen LogP contribution in [0.1, 0.15) is 16.4 Å². The highest BCUT2D eigenvalue weighted by atomic mass is 35.5. The van der Waals surface area contributed by atoms with Gasteiger partial charge in [0.05, 0.1) is 16.7 Å². The third-order valence-electron chi connectivity index (χ3n) is 3.72. The van der Waals surface area contributed by atoms with Gasteiger partial charge >= 0.3 is 5.91 Å². The second-order valence-electron chi connectivity index (χ2n) is 5.42. The molecule has 25 heavy (non-hydrogen) atoms. The first-order valence-corrected chi connectivity index (χ1v) is 7.93. The lowest BCUT2D eigenvalue weighted by atomic mass is 10.3. The first kappa shape index (κ1) is 15.3. The molecule has 0 unspecified atom stereocenters. The number of halogens is 1. The fourth-order valence-corrected chi connectivity index (χ4v) is 2.65. The van der Waals surface area contributed by atoms with Gasteiger partial charge in [-0.1, -0.05) is 23.7 Å². The van der Waals surface area contributed by atoms with Crippen LogP contribution < -0.4 is 5.43 Å². The second-order valence-corrected chi connectivity index (χ2v) is 5.85. The summed E-state index contributed by atoms with van der Waals surface area (Å²) in [5.41, 5.74) is 5.10. The van der Waals surface area contributed by atoms with Gasteiger partial charge in [-0.3, -0.25) is 10.2 Å². The zero-order chi connectivity index (χ0) is 17.4. The van der Waals surface area contributed by atoms with E-state index >= 15 is 0 Å². The van der Waals surface area contributed by atoms with Crippen LogP contribution in [0.3, 0.4) is 0 Å². The number of carbonyl (C=O) groups is 1. The maximum atomic E-state index is 12.5. The molecule has 0 saturated carbocycles. The largest absolute Gasteiger partial charge is 0.309 e. The van der Waals surface area contributed by atoms with Crippen molar-refractivity contribution in [1.29, 1.82) is 0 Å². The molecule has 4 rings (SSSR count). The molecule has 0 saturated heterocycles. The van der Waals surface area contributed by atoms with Crippen molar-refractivity contribution in [3.8, 4) is 5.69 Å². The molecule has 0 spiro atoms. The van der Waals surface area contributed by atoms with Crippen molar-refractivity contribution in [2.45, 2.75) is 6.92 Å². The molecule has 7 nitrogen and oxygen atoms in total. The fourth-order valence-electron chi connectivity index (χ4n) is 2.52. The van der Waals surface area contributed by atoms with Crippen molar-refractivity contribution >= 4 is 28.5 Å². The average molecular weight is 353 g/mol. The Morgan fingerprint density at radius 2 is 1.88 bits per heavy atom. The highest BCUT2D eigenvalue weighted by Gasteiger charge is 2.16. The lowest BCUT2D eigenvalue weighted by Gasteiger charge is -2.04. The molecule has 0 fully saturated rings. The minimum absolute atomic E-state index is 0.0743. The van der Waals surface area contributed by atoms with Gasteiger partial charge in [-0.15, -0.1) is 5.10 Å². The lowest BCUT2D eigenvalue weighted by Crippen LogP contribution is -2.23. The number of imidazole rings is 1. The minimum atomic E-state index is -0.418. The number of fused-ring (bicyclic) bond motifs is 1. The Labute approximate surface area is 147 Å². The molecule has 2 heterocycles. The molecule has 1 N–H and O–H groups in total. The third kappa shape index (κ3) is 2.85. The normalized spacial score (nSPS) is 11.0. The lowest BCUT2D eigenvalue weighted by molar-refractivity contribution is 0.0998. The van der Waals surface area contributed by atoms with Crippen molar-refractivity contribution in [1.82, 2.24) is 24.4 Å². The number of benzene rings is 2. The topological polar surface area (TPSA) is 77.6 Å². The van der Waals surface area contributed by atoms with Gasteiger partial charge in [-0.2, -0.15) is 0 Å². The minimum Gasteiger partial charge on any atom is -0.264 e. The number of aromatic nitrogens is 5. The molecule has 1 amide bonds. The van der Waals surface area contributed by atoms with Gasteiger partial charge in [0.2, 0.25) is 5.82 Å². The summed E-state index contributed by atoms with van der Waals surface area (Å²) >= 11 is 5.90. The number of rotatable bonds is 3. The maximum Gasteiger partial charge on any atom is 0.309 e. The van der Waals surface area contributed by atoms with Gasteiger partial charge < -0.3 is 0 Å². The first-order chi connectivity index (χ1) is 12.1. The summed E-state index contributed by atoms with van der Waals surface area (Å²) in [6.07, 6.45) is 1.55. The van der Waals surface area contributed by atoms with E-state index in [4.69, 9.17) is 11.6 Å². The number of hydrogen-bond acceptors (Lipinski definition) is 4. The van der Waals surface area contributed by atoms with Crippen LogP contribution in [0.25, 0.3) is 16.7 Å². The standard InChI is InChI=1S/C17H13ClN6O/c1-11-20-16(21-24(11)13-8-6-12(18)7-9-13)17(25)22-23-10-19-14-4-2-3-5-15(14)23/h2-10H,1H3,(H,22,25). The van der Waals surface area contributed by atoms with E-state index in [2.05, 4.69) is 20.5 Å². The van der Waals surface area contributed by atoms with Crippen LogP contribution in [-0.4, -0.2) is 30.3 Å². The smallest absolute Gasteiger partial charge is 0.264 e. The molecule has 0 aliphatic heterocycles. The Hall–Kier alpha value is -3.19. The zero-order valence-electron chi connectivity index (χ0n) is 13.2. The van der Waals surface area contributed by atoms with E-state index in [0.717, 1.165) is 16.7 Å². The Balaban J connectivity index is 1.63. The molecule has 0 aliphatic carbocycles. The Bertz CT molecular complexity index is 1070. The summed E-state index contributed by atoms with van der Waals surface area (Å²) in [7, 11) is 0. The Morgan fingerprint density at radius 3 is 2.68 bits per heavy atom. The number of amides is 1. The van der Waals surface area contributed by atoms with Gasteiger partial charge in [-0.25, -0.2) is 19.3 Å². The number of carbonyl (C=O) groups excluding carboxylic acids is 1. The third-order valence-corrected chi connectivity index (χ3v) is 3.97. The SMILES string of the molecule is Cc1nc(C(=O)Nn2cnc3ccccc32)nn1-c1ccc(Cl)cc1. The molecule has 0 atom stereocenters. The van der Waals surface area contributed by atoms with E-state index in [1.54, 1.807) is 34.7 Å². The van der Waals surface area contributed by atoms with E-state index in [0.29, 0.717) is 10.8 Å². The second kappa shape index (κ2) is 6.03. The van der Waals surface area contributed by atoms with E-state index in [1.165, 1.54) is 0 Å². The average Bonchev–Trinajstić information content (AvgIpc) is 3.20. The number of nitrogens with one attached hydrogen (secondary N) is 1. The molecule has 124 valence electrons. The van der Waals surface area contributed by atoms with Crippen LogP contribution in [0.4, 0.5) is 0 Å². The van der Waals surface area contributed by atoms with Crippen molar-refractivity contribution in [3.63, 3.8) is 0 Å². The van der Waals surface area contributed by atoms with Gasteiger partial charge in [0.1, 0.15) is 12.2 Å². The summed E-state index contributed by atoms with van der Waals surface area (Å²) in [5.74, 6) is 0.257. The van der Waals surface area contributed by atoms with Crippen LogP contribution in [0.15, 0.2) is 54.9 Å². The summed E-state index contributed by atoms with van der Waals surface area (Å²) in [6.45, 7) is 1.78. The Kier molecular flexibility index (Phi) is 3.70. The summed E-state index contributed by atoms with van der Waals surface area (Å²) < 4.78 is 3.15. The van der Waals surface area contributed by atoms with E-state index in [1.807, 2.05) is 36.4 Å². The van der Waals surface area contributed by atoms with Crippen molar-refractivity contribution < 1.29 is 4.79 Å². The zero-order valence-corrected chi connectivity index (χ0v) is 14.0. The van der Waals surface area contributed by atoms with Crippen LogP contribution in [-0.2, 0) is 0 Å². The first-order valence-electron chi connectivity index (χ1n) is 7.55. The molecule has 4 aromatic rings. The highest BCUT2D eigenvalue weighted by molar-refractivity contribution is 6.30. The number of para-hydroxylation sites is 2. The van der Waals surface area contributed by atoms with Crippen LogP contribution in [0.5, 0.6) is 0 Å². The summed E-state index contributed by atoms with van der Waals surface area (Å²) in [5, 5.41) is 4.92. The van der Waals surface area contributed by atoms with Crippen LogP contribution >= 0.6 is 11.6 Å². The Morgan fingerprint density at radius 1 is 1.12 bits per heavy atom. The quantitative estimate of drug-likeness (QED) is 0.615. The predicted molar refractivity (Wildman–Crippen MR) is 94.5 cm³/mol. The molecule has 8 heteroatoms. The van der Waals surface area contributed by atoms with E-state index in [-0.39, 0.29) is 5.82 Å². The van der Waals surface area contributed by atoms with Crippen molar-refractivity contribution in [3.05, 3.63) is 71.5 Å².